The van der Waals surface area contributed by atoms with Crippen LogP contribution in [0.25, 0.3) is 0 Å². The summed E-state index contributed by atoms with van der Waals surface area (Å²) in [4.78, 5) is 12.0. The van der Waals surface area contributed by atoms with E-state index in [2.05, 4.69) is 10.6 Å². The molecule has 118 valence electrons. The minimum absolute atomic E-state index is 0. The highest BCUT2D eigenvalue weighted by atomic mass is 35.5. The summed E-state index contributed by atoms with van der Waals surface area (Å²) in [5.41, 5.74) is 0.977. The molecule has 0 saturated carbocycles. The first-order chi connectivity index (χ1) is 9.70. The molecular weight excluding hydrogens is 315 g/mol. The number of rotatable bonds is 5. The van der Waals surface area contributed by atoms with Crippen molar-refractivity contribution in [3.8, 4) is 0 Å². The van der Waals surface area contributed by atoms with Crippen LogP contribution in [0.5, 0.6) is 0 Å². The van der Waals surface area contributed by atoms with E-state index in [1.54, 1.807) is 19.2 Å². The third kappa shape index (κ3) is 5.45. The fourth-order valence-corrected chi connectivity index (χ4v) is 2.19. The molecule has 1 amide bonds. The number of hydrogen-bond donors (Lipinski definition) is 2. The van der Waals surface area contributed by atoms with Crippen molar-refractivity contribution in [3.63, 3.8) is 0 Å². The van der Waals surface area contributed by atoms with E-state index in [-0.39, 0.29) is 30.5 Å². The fourth-order valence-electron chi connectivity index (χ4n) is 2.07. The van der Waals surface area contributed by atoms with Gasteiger partial charge in [-0.2, -0.15) is 0 Å². The lowest BCUT2D eigenvalue weighted by molar-refractivity contribution is -0.126. The van der Waals surface area contributed by atoms with Crippen molar-refractivity contribution in [3.05, 3.63) is 34.9 Å². The highest BCUT2D eigenvalue weighted by molar-refractivity contribution is 6.30. The molecule has 0 radical (unpaired) electrons. The van der Waals surface area contributed by atoms with E-state index >= 15 is 0 Å². The van der Waals surface area contributed by atoms with E-state index in [1.165, 1.54) is 0 Å². The SMILES string of the molecule is COC(CNC(=O)C1COCCN1)c1ccc(Cl)cc1.Cl. The van der Waals surface area contributed by atoms with Crippen LogP contribution in [0, 0.1) is 0 Å². The number of amides is 1. The number of hydrogen-bond acceptors (Lipinski definition) is 4. The summed E-state index contributed by atoms with van der Waals surface area (Å²) in [5, 5.41) is 6.67. The van der Waals surface area contributed by atoms with Gasteiger partial charge in [0, 0.05) is 25.2 Å². The van der Waals surface area contributed by atoms with Crippen LogP contribution in [0.1, 0.15) is 11.7 Å². The van der Waals surface area contributed by atoms with Gasteiger partial charge in [0.25, 0.3) is 0 Å². The molecule has 1 heterocycles. The maximum atomic E-state index is 12.0. The Labute approximate surface area is 135 Å². The van der Waals surface area contributed by atoms with Gasteiger partial charge in [0.2, 0.25) is 5.91 Å². The lowest BCUT2D eigenvalue weighted by Crippen LogP contribution is -2.51. The fraction of sp³-hybridized carbons (Fsp3) is 0.500. The van der Waals surface area contributed by atoms with Crippen LogP contribution in [-0.4, -0.2) is 45.4 Å². The third-order valence-corrected chi connectivity index (χ3v) is 3.48. The van der Waals surface area contributed by atoms with Crippen molar-refractivity contribution >= 4 is 29.9 Å². The molecular formula is C14H20Cl2N2O3. The summed E-state index contributed by atoms with van der Waals surface area (Å²) < 4.78 is 10.7. The van der Waals surface area contributed by atoms with Gasteiger partial charge in [0.15, 0.2) is 0 Å². The van der Waals surface area contributed by atoms with Crippen LogP contribution in [0.3, 0.4) is 0 Å². The molecule has 2 unspecified atom stereocenters. The number of ether oxygens (including phenoxy) is 2. The first kappa shape index (κ1) is 18.2. The van der Waals surface area contributed by atoms with Gasteiger partial charge in [-0.05, 0) is 17.7 Å². The highest BCUT2D eigenvalue weighted by Crippen LogP contribution is 2.18. The zero-order valence-corrected chi connectivity index (χ0v) is 13.4. The predicted molar refractivity (Wildman–Crippen MR) is 84.1 cm³/mol. The normalized spacial score (nSPS) is 19.4. The smallest absolute Gasteiger partial charge is 0.239 e. The quantitative estimate of drug-likeness (QED) is 0.857. The molecule has 0 aromatic heterocycles. The second-order valence-electron chi connectivity index (χ2n) is 4.60. The predicted octanol–water partition coefficient (Wildman–Crippen LogP) is 1.55. The van der Waals surface area contributed by atoms with E-state index in [0.717, 1.165) is 5.56 Å². The summed E-state index contributed by atoms with van der Waals surface area (Å²) >= 11 is 5.86. The molecule has 1 aliphatic heterocycles. The van der Waals surface area contributed by atoms with Gasteiger partial charge in [-0.1, -0.05) is 23.7 Å². The van der Waals surface area contributed by atoms with Gasteiger partial charge in [-0.25, -0.2) is 0 Å². The average Bonchev–Trinajstić information content (AvgIpc) is 2.50. The van der Waals surface area contributed by atoms with Crippen LogP contribution in [-0.2, 0) is 14.3 Å². The molecule has 1 aromatic carbocycles. The van der Waals surface area contributed by atoms with E-state index in [9.17, 15) is 4.79 Å². The maximum Gasteiger partial charge on any atom is 0.239 e. The molecule has 2 rings (SSSR count). The standard InChI is InChI=1S/C14H19ClN2O3.ClH/c1-19-13(10-2-4-11(15)5-3-10)8-17-14(18)12-9-20-7-6-16-12;/h2-5,12-13,16H,6-9H2,1H3,(H,17,18);1H. The van der Waals surface area contributed by atoms with Crippen molar-refractivity contribution in [1.29, 1.82) is 0 Å². The molecule has 0 spiro atoms. The summed E-state index contributed by atoms with van der Waals surface area (Å²) in [7, 11) is 1.62. The number of carbonyl (C=O) groups excluding carboxylic acids is 1. The van der Waals surface area contributed by atoms with Gasteiger partial charge < -0.3 is 20.1 Å². The molecule has 2 atom stereocenters. The van der Waals surface area contributed by atoms with Crippen LogP contribution < -0.4 is 10.6 Å². The molecule has 1 saturated heterocycles. The van der Waals surface area contributed by atoms with Gasteiger partial charge in [-0.15, -0.1) is 12.4 Å². The molecule has 1 aliphatic rings. The van der Waals surface area contributed by atoms with E-state index in [1.807, 2.05) is 12.1 Å². The number of methoxy groups -OCH3 is 1. The maximum absolute atomic E-state index is 12.0. The van der Waals surface area contributed by atoms with E-state index < -0.39 is 0 Å². The Morgan fingerprint density at radius 1 is 1.52 bits per heavy atom. The summed E-state index contributed by atoms with van der Waals surface area (Å²) in [5.74, 6) is -0.0688. The lowest BCUT2D eigenvalue weighted by atomic mass is 10.1. The van der Waals surface area contributed by atoms with Gasteiger partial charge >= 0.3 is 0 Å². The molecule has 0 bridgehead atoms. The van der Waals surface area contributed by atoms with Gasteiger partial charge in [0.1, 0.15) is 6.04 Å². The number of carbonyl (C=O) groups is 1. The minimum atomic E-state index is -0.286. The minimum Gasteiger partial charge on any atom is -0.378 e. The molecule has 5 nitrogen and oxygen atoms in total. The molecule has 0 aliphatic carbocycles. The van der Waals surface area contributed by atoms with Gasteiger partial charge in [0.05, 0.1) is 19.3 Å². The Hall–Kier alpha value is -0.850. The van der Waals surface area contributed by atoms with Crippen molar-refractivity contribution < 1.29 is 14.3 Å². The Balaban J connectivity index is 0.00000220. The van der Waals surface area contributed by atoms with Crippen LogP contribution in [0.4, 0.5) is 0 Å². The second-order valence-corrected chi connectivity index (χ2v) is 5.04. The summed E-state index contributed by atoms with van der Waals surface area (Å²) in [6.07, 6.45) is -0.194. The second kappa shape index (κ2) is 9.23. The molecule has 1 aromatic rings. The first-order valence-electron chi connectivity index (χ1n) is 6.58. The number of nitrogens with one attached hydrogen (secondary N) is 2. The summed E-state index contributed by atoms with van der Waals surface area (Å²) in [6.45, 7) is 2.16. The van der Waals surface area contributed by atoms with E-state index in [0.29, 0.717) is 31.3 Å². The highest BCUT2D eigenvalue weighted by Gasteiger charge is 2.22. The monoisotopic (exact) mass is 334 g/mol. The molecule has 21 heavy (non-hydrogen) atoms. The van der Waals surface area contributed by atoms with Crippen LogP contribution in [0.2, 0.25) is 5.02 Å². The van der Waals surface area contributed by atoms with Crippen molar-refractivity contribution in [1.82, 2.24) is 10.6 Å². The number of halogens is 2. The molecule has 2 N–H and O–H groups in total. The van der Waals surface area contributed by atoms with E-state index in [4.69, 9.17) is 21.1 Å². The van der Waals surface area contributed by atoms with Gasteiger partial charge in [-0.3, -0.25) is 4.79 Å². The summed E-state index contributed by atoms with van der Waals surface area (Å²) in [6, 6.07) is 7.11. The largest absolute Gasteiger partial charge is 0.378 e. The third-order valence-electron chi connectivity index (χ3n) is 3.23. The Bertz CT molecular complexity index is 436. The number of morpholine rings is 1. The first-order valence-corrected chi connectivity index (χ1v) is 6.95. The Morgan fingerprint density at radius 3 is 2.81 bits per heavy atom. The van der Waals surface area contributed by atoms with Crippen molar-refractivity contribution in [2.24, 2.45) is 0 Å². The molecule has 7 heteroatoms. The Morgan fingerprint density at radius 2 is 2.24 bits per heavy atom. The average molecular weight is 335 g/mol. The van der Waals surface area contributed by atoms with Crippen molar-refractivity contribution in [2.45, 2.75) is 12.1 Å². The molecule has 1 fully saturated rings. The lowest BCUT2D eigenvalue weighted by Gasteiger charge is -2.24. The van der Waals surface area contributed by atoms with Crippen LogP contribution >= 0.6 is 24.0 Å². The van der Waals surface area contributed by atoms with Crippen LogP contribution in [0.15, 0.2) is 24.3 Å². The van der Waals surface area contributed by atoms with Crippen molar-refractivity contribution in [2.75, 3.05) is 33.4 Å². The zero-order chi connectivity index (χ0) is 14.4. The topological polar surface area (TPSA) is 59.6 Å². The number of benzene rings is 1. The Kier molecular flexibility index (Phi) is 8.00. The zero-order valence-electron chi connectivity index (χ0n) is 11.8.